The van der Waals surface area contributed by atoms with Crippen LogP contribution in [-0.4, -0.2) is 51.1 Å². The highest BCUT2D eigenvalue weighted by Gasteiger charge is 2.49. The Labute approximate surface area is 126 Å². The van der Waals surface area contributed by atoms with Crippen molar-refractivity contribution >= 4 is 14.1 Å². The zero-order valence-corrected chi connectivity index (χ0v) is 12.9. The van der Waals surface area contributed by atoms with Gasteiger partial charge in [0, 0.05) is 13.3 Å². The molecule has 124 valence electrons. The highest BCUT2D eigenvalue weighted by atomic mass is 31.1. The maximum absolute atomic E-state index is 11.9. The van der Waals surface area contributed by atoms with Gasteiger partial charge in [0.1, 0.15) is 24.1 Å². The lowest BCUT2D eigenvalue weighted by molar-refractivity contribution is -0.0816. The number of ether oxygens (including phenoxy) is 2. The summed E-state index contributed by atoms with van der Waals surface area (Å²) >= 11 is 0. The van der Waals surface area contributed by atoms with Crippen molar-refractivity contribution in [3.8, 4) is 0 Å². The van der Waals surface area contributed by atoms with E-state index in [2.05, 4.69) is 4.98 Å². The molecular weight excluding hydrogens is 317 g/mol. The predicted molar refractivity (Wildman–Crippen MR) is 75.4 cm³/mol. The molecule has 6 atom stereocenters. The van der Waals surface area contributed by atoms with Gasteiger partial charge in [-0.1, -0.05) is 0 Å². The van der Waals surface area contributed by atoms with E-state index in [4.69, 9.17) is 24.6 Å². The zero-order chi connectivity index (χ0) is 16.4. The number of nitrogen functional groups attached to an aromatic ring is 1. The van der Waals surface area contributed by atoms with Crippen LogP contribution in [0.25, 0.3) is 0 Å². The van der Waals surface area contributed by atoms with Crippen molar-refractivity contribution in [2.75, 3.05) is 12.8 Å². The van der Waals surface area contributed by atoms with E-state index in [9.17, 15) is 14.5 Å². The average Bonchev–Trinajstić information content (AvgIpc) is 2.76. The van der Waals surface area contributed by atoms with Gasteiger partial charge >= 0.3 is 13.9 Å². The van der Waals surface area contributed by atoms with Crippen molar-refractivity contribution in [1.82, 2.24) is 9.55 Å². The summed E-state index contributed by atoms with van der Waals surface area (Å²) in [7, 11) is -1.95. The summed E-state index contributed by atoms with van der Waals surface area (Å²) in [6, 6.07) is 1.40. The van der Waals surface area contributed by atoms with Crippen LogP contribution in [0.15, 0.2) is 17.1 Å². The molecule has 2 rings (SSSR count). The molecule has 1 aliphatic heterocycles. The van der Waals surface area contributed by atoms with Crippen molar-refractivity contribution in [2.24, 2.45) is 0 Å². The van der Waals surface area contributed by atoms with Crippen molar-refractivity contribution in [1.29, 1.82) is 0 Å². The van der Waals surface area contributed by atoms with E-state index in [1.54, 1.807) is 0 Å². The van der Waals surface area contributed by atoms with Gasteiger partial charge in [-0.2, -0.15) is 4.98 Å². The number of hydrogen-bond donors (Lipinski definition) is 3. The van der Waals surface area contributed by atoms with E-state index in [-0.39, 0.29) is 5.82 Å². The first-order chi connectivity index (χ1) is 10.3. The van der Waals surface area contributed by atoms with Gasteiger partial charge in [0.2, 0.25) is 0 Å². The molecule has 0 bridgehead atoms. The van der Waals surface area contributed by atoms with E-state index in [1.807, 2.05) is 0 Å². The topological polar surface area (TPSA) is 146 Å². The maximum atomic E-state index is 11.9. The molecule has 11 heteroatoms. The SMILES string of the molecule is CO[C@H]1C(O[PH](=O)O)[C@@H]([C@@H](C)O)O[C@H]1n1ccc(N)nc1=O. The van der Waals surface area contributed by atoms with Crippen LogP contribution in [0.5, 0.6) is 0 Å². The van der Waals surface area contributed by atoms with Crippen molar-refractivity contribution in [3.63, 3.8) is 0 Å². The summed E-state index contributed by atoms with van der Waals surface area (Å²) in [6.07, 6.45) is -3.46. The van der Waals surface area contributed by atoms with Gasteiger partial charge in [0.15, 0.2) is 6.23 Å². The van der Waals surface area contributed by atoms with Crippen LogP contribution >= 0.6 is 8.25 Å². The molecule has 0 spiro atoms. The second kappa shape index (κ2) is 6.86. The first kappa shape index (κ1) is 17.1. The van der Waals surface area contributed by atoms with Gasteiger partial charge in [-0.15, -0.1) is 0 Å². The Hall–Kier alpha value is -1.29. The molecule has 1 aliphatic rings. The summed E-state index contributed by atoms with van der Waals surface area (Å²) in [6.45, 7) is 1.44. The molecule has 1 aromatic rings. The summed E-state index contributed by atoms with van der Waals surface area (Å²) in [5.41, 5.74) is 4.76. The second-order valence-electron chi connectivity index (χ2n) is 4.82. The van der Waals surface area contributed by atoms with Crippen LogP contribution < -0.4 is 11.4 Å². The smallest absolute Gasteiger partial charge is 0.351 e. The summed E-state index contributed by atoms with van der Waals surface area (Å²) in [4.78, 5) is 24.5. The standard InChI is InChI=1S/C11H18N3O7P/c1-5(15)7-8(21-22(17)18)9(19-2)10(20-7)14-4-3-6(12)13-11(14)16/h3-5,7-10,15,22H,1-2H3,(H,17,18)(H2,12,13,16)/t5-,7-,8?,9+,10-/m1/s1. The fraction of sp³-hybridized carbons (Fsp3) is 0.636. The molecule has 4 N–H and O–H groups in total. The van der Waals surface area contributed by atoms with Crippen LogP contribution in [0.3, 0.4) is 0 Å². The van der Waals surface area contributed by atoms with Crippen molar-refractivity contribution in [2.45, 2.75) is 37.6 Å². The molecule has 1 fully saturated rings. The van der Waals surface area contributed by atoms with E-state index >= 15 is 0 Å². The molecule has 0 aromatic carbocycles. The lowest BCUT2D eigenvalue weighted by Gasteiger charge is -2.23. The van der Waals surface area contributed by atoms with Crippen LogP contribution in [-0.2, 0) is 18.6 Å². The normalized spacial score (nSPS) is 31.1. The molecule has 2 heterocycles. The van der Waals surface area contributed by atoms with E-state index in [0.29, 0.717) is 0 Å². The maximum Gasteiger partial charge on any atom is 0.351 e. The zero-order valence-electron chi connectivity index (χ0n) is 11.9. The Morgan fingerprint density at radius 1 is 1.55 bits per heavy atom. The molecular formula is C11H18N3O7P. The van der Waals surface area contributed by atoms with Crippen LogP contribution in [0, 0.1) is 0 Å². The molecule has 1 saturated heterocycles. The summed E-state index contributed by atoms with van der Waals surface area (Å²) in [5.74, 6) is 0.0495. The Morgan fingerprint density at radius 2 is 2.23 bits per heavy atom. The largest absolute Gasteiger partial charge is 0.391 e. The monoisotopic (exact) mass is 335 g/mol. The van der Waals surface area contributed by atoms with Gasteiger partial charge in [-0.3, -0.25) is 9.13 Å². The number of rotatable bonds is 5. The number of aliphatic hydroxyl groups is 1. The number of nitrogens with zero attached hydrogens (tertiary/aromatic N) is 2. The van der Waals surface area contributed by atoms with Crippen LogP contribution in [0.1, 0.15) is 13.2 Å². The average molecular weight is 335 g/mol. The number of methoxy groups -OCH3 is 1. The lowest BCUT2D eigenvalue weighted by Crippen LogP contribution is -2.40. The van der Waals surface area contributed by atoms with Gasteiger partial charge < -0.3 is 29.7 Å². The third-order valence-electron chi connectivity index (χ3n) is 3.34. The highest BCUT2D eigenvalue weighted by molar-refractivity contribution is 7.32. The van der Waals surface area contributed by atoms with Gasteiger partial charge in [0.05, 0.1) is 6.10 Å². The molecule has 10 nitrogen and oxygen atoms in total. The Balaban J connectivity index is 2.39. The first-order valence-electron chi connectivity index (χ1n) is 6.45. The van der Waals surface area contributed by atoms with Gasteiger partial charge in [0.25, 0.3) is 0 Å². The molecule has 0 saturated carbocycles. The van der Waals surface area contributed by atoms with Crippen molar-refractivity contribution in [3.05, 3.63) is 22.7 Å². The first-order valence-corrected chi connectivity index (χ1v) is 7.72. The minimum Gasteiger partial charge on any atom is -0.391 e. The van der Waals surface area contributed by atoms with E-state index in [0.717, 1.165) is 4.57 Å². The number of anilines is 1. The molecule has 1 aromatic heterocycles. The minimum absolute atomic E-state index is 0.0495. The number of hydrogen-bond acceptors (Lipinski definition) is 8. The fourth-order valence-electron chi connectivity index (χ4n) is 2.40. The molecule has 0 radical (unpaired) electrons. The highest BCUT2D eigenvalue weighted by Crippen LogP contribution is 2.38. The molecule has 0 amide bonds. The molecule has 22 heavy (non-hydrogen) atoms. The van der Waals surface area contributed by atoms with Crippen LogP contribution in [0.2, 0.25) is 0 Å². The van der Waals surface area contributed by atoms with Gasteiger partial charge in [-0.05, 0) is 13.0 Å². The predicted octanol–water partition coefficient (Wildman–Crippen LogP) is -1.11. The third kappa shape index (κ3) is 3.37. The lowest BCUT2D eigenvalue weighted by atomic mass is 10.1. The molecule has 2 unspecified atom stereocenters. The molecule has 0 aliphatic carbocycles. The van der Waals surface area contributed by atoms with E-state index < -0.39 is 44.6 Å². The minimum atomic E-state index is -3.29. The summed E-state index contributed by atoms with van der Waals surface area (Å²) < 4.78 is 27.9. The second-order valence-corrected chi connectivity index (χ2v) is 5.59. The van der Waals surface area contributed by atoms with Gasteiger partial charge in [-0.25, -0.2) is 4.79 Å². The number of aromatic nitrogens is 2. The fourth-order valence-corrected chi connectivity index (χ4v) is 2.90. The Kier molecular flexibility index (Phi) is 5.32. The number of aliphatic hydroxyl groups excluding tert-OH is 1. The van der Waals surface area contributed by atoms with E-state index in [1.165, 1.54) is 26.3 Å². The Morgan fingerprint density at radius 3 is 2.73 bits per heavy atom. The quantitative estimate of drug-likeness (QED) is 0.570. The number of nitrogens with two attached hydrogens (primary N) is 1. The van der Waals surface area contributed by atoms with Crippen molar-refractivity contribution < 1.29 is 28.6 Å². The summed E-state index contributed by atoms with van der Waals surface area (Å²) in [5, 5.41) is 9.77. The Bertz CT molecular complexity index is 608. The third-order valence-corrected chi connectivity index (χ3v) is 3.81. The van der Waals surface area contributed by atoms with Crippen LogP contribution in [0.4, 0.5) is 5.82 Å².